The van der Waals surface area contributed by atoms with Crippen molar-refractivity contribution in [2.45, 2.75) is 39.3 Å². The molecule has 0 saturated heterocycles. The zero-order chi connectivity index (χ0) is 98.9. The van der Waals surface area contributed by atoms with Gasteiger partial charge in [0, 0.05) is 50.1 Å². The second-order valence-corrected chi connectivity index (χ2v) is 52.8. The highest BCUT2D eigenvalue weighted by Gasteiger charge is 2.42. The Bertz CT molecular complexity index is 9230. The first-order valence-electron chi connectivity index (χ1n) is 50.4. The molecule has 0 fully saturated rings. The van der Waals surface area contributed by atoms with Crippen LogP contribution in [0.25, 0.3) is 235 Å². The summed E-state index contributed by atoms with van der Waals surface area (Å²) in [5.74, 6) is 6.06. The van der Waals surface area contributed by atoms with Gasteiger partial charge in [0.25, 0.3) is 0 Å². The van der Waals surface area contributed by atoms with Gasteiger partial charge < -0.3 is 0 Å². The number of hydrogen-bond donors (Lipinski definition) is 0. The summed E-state index contributed by atoms with van der Waals surface area (Å²) >= 11 is 0. The molecule has 147 heavy (non-hydrogen) atoms. The van der Waals surface area contributed by atoms with Gasteiger partial charge in [0.05, 0.1) is 0 Å². The van der Waals surface area contributed by atoms with Gasteiger partial charge >= 0.3 is 0 Å². The van der Waals surface area contributed by atoms with E-state index < -0.39 is 24.2 Å². The predicted octanol–water partition coefficient (Wildman–Crippen LogP) is 30.5. The van der Waals surface area contributed by atoms with E-state index in [4.69, 9.17) is 44.9 Å². The molecule has 21 aromatic carbocycles. The summed E-state index contributed by atoms with van der Waals surface area (Å²) in [6.45, 7) is 14.7. The third-order valence-electron chi connectivity index (χ3n) is 29.8. The van der Waals surface area contributed by atoms with E-state index in [1.807, 2.05) is 18.2 Å². The summed E-state index contributed by atoms with van der Waals surface area (Å²) in [6.07, 6.45) is 0. The minimum absolute atomic E-state index is 0.658. The van der Waals surface area contributed by atoms with Crippen LogP contribution < -0.4 is 31.1 Å². The Balaban J connectivity index is 0.000000115. The van der Waals surface area contributed by atoms with Gasteiger partial charge in [-0.2, -0.15) is 0 Å². The monoisotopic (exact) mass is 1930 g/mol. The minimum Gasteiger partial charge on any atom is -0.208 e. The highest BCUT2D eigenvalue weighted by molar-refractivity contribution is 7.05. The van der Waals surface area contributed by atoms with E-state index in [0.717, 1.165) is 100 Å². The van der Waals surface area contributed by atoms with Gasteiger partial charge in [-0.25, -0.2) is 44.9 Å². The topological polar surface area (TPSA) is 116 Å². The van der Waals surface area contributed by atoms with E-state index in [1.54, 1.807) is 0 Å². The van der Waals surface area contributed by atoms with Crippen molar-refractivity contribution in [1.29, 1.82) is 0 Å². The first-order chi connectivity index (χ1) is 72.1. The lowest BCUT2D eigenvalue weighted by atomic mass is 9.97. The second-order valence-electron chi connectivity index (χ2n) is 39.8. The third-order valence-corrected chi connectivity index (χ3v) is 40.5. The first-order valence-corrected chi connectivity index (χ1v) is 59.4. The highest BCUT2D eigenvalue weighted by Crippen LogP contribution is 2.43. The smallest absolute Gasteiger partial charge is 0.164 e. The Morgan fingerprint density at radius 1 is 0.122 bits per heavy atom. The molecule has 0 saturated carbocycles. The maximum absolute atomic E-state index is 5.24. The van der Waals surface area contributed by atoms with Gasteiger partial charge in [-0.05, 0) is 188 Å². The SMILES string of the molecule is C[Si]1(C)c2ccccc2-c2cc(-c3nc(-c4ccc(-c5cccc6ccccc56)cc4)nc(-c4cccc(-c5ccccc5)c4)n3)ccc21.C[Si]1(C)c2ccccc2-c2ccc(-c3nc(-c4ccc(-c5cccc6ccccc56)cc4)nc(-c4cccc(-c5ccccc5)c4)n3)cc21.C[Si]1(C)c2ccccc2-c2cccc(-c3nc(-c4ccc(-c5cccc6ccccc56)cc4)nc(-c4cccc(-c5ccccc5)c4)n3)c21. The van der Waals surface area contributed by atoms with Gasteiger partial charge in [-0.15, -0.1) is 0 Å². The predicted molar refractivity (Wildman–Crippen MR) is 620 cm³/mol. The maximum Gasteiger partial charge on any atom is 0.164 e. The summed E-state index contributed by atoms with van der Waals surface area (Å²) in [7, 11) is -5.67. The van der Waals surface area contributed by atoms with Crippen molar-refractivity contribution in [2.75, 3.05) is 0 Å². The van der Waals surface area contributed by atoms with Gasteiger partial charge in [0.1, 0.15) is 24.2 Å². The van der Waals surface area contributed by atoms with Crippen LogP contribution in [0.15, 0.2) is 491 Å². The Kier molecular flexibility index (Phi) is 23.2. The van der Waals surface area contributed by atoms with Crippen LogP contribution in [0.5, 0.6) is 0 Å². The molecule has 696 valence electrons. The lowest BCUT2D eigenvalue weighted by Crippen LogP contribution is -2.50. The molecule has 0 N–H and O–H groups in total. The van der Waals surface area contributed by atoms with Crippen molar-refractivity contribution in [1.82, 2.24) is 44.9 Å². The van der Waals surface area contributed by atoms with Gasteiger partial charge in [0.2, 0.25) is 0 Å². The molecule has 0 unspecified atom stereocenters. The molecular weight excluding hydrogens is 1830 g/mol. The number of benzene rings is 21. The van der Waals surface area contributed by atoms with Crippen LogP contribution in [0.2, 0.25) is 39.3 Å². The normalized spacial score (nSPS) is 12.9. The van der Waals surface area contributed by atoms with Crippen molar-refractivity contribution in [2.24, 2.45) is 0 Å². The first kappa shape index (κ1) is 90.4. The number of hydrogen-bond acceptors (Lipinski definition) is 9. The zero-order valence-electron chi connectivity index (χ0n) is 82.3. The highest BCUT2D eigenvalue weighted by atomic mass is 28.3. The molecule has 0 spiro atoms. The van der Waals surface area contributed by atoms with Gasteiger partial charge in [0.15, 0.2) is 52.4 Å². The Labute approximate surface area is 859 Å². The summed E-state index contributed by atoms with van der Waals surface area (Å²) < 4.78 is 0. The summed E-state index contributed by atoms with van der Waals surface area (Å²) in [4.78, 5) is 46.4. The molecule has 0 atom stereocenters. The number of nitrogens with zero attached hydrogens (tertiary/aromatic N) is 9. The lowest BCUT2D eigenvalue weighted by molar-refractivity contribution is 1.07. The van der Waals surface area contributed by atoms with Crippen LogP contribution in [-0.2, 0) is 0 Å². The standard InChI is InChI=1S/3C45H33N3Si/c1-49(2)41-24-9-8-20-38(41)39-22-12-23-40(42(39)49)45-47-43(46-44(48-45)35-18-10-17-34(29-35)30-13-4-3-5-14-30)33-27-25-32(26-28-33)37-21-11-16-31-15-6-7-19-36(31)37;1-49(2)41-21-9-8-19-39(41)40-29-36(26-27-42(40)49)45-47-43(46-44(48-45)35-17-10-16-34(28-35)30-12-4-3-5-13-30)33-24-22-32(23-25-33)38-20-11-15-31-14-6-7-18-37(31)38;1-49(2)41-21-9-8-19-39(41)40-27-26-36(29-42(40)49)45-47-43(46-44(48-45)35-17-10-16-34(28-35)30-12-4-3-5-13-30)33-24-22-32(23-25-33)38-20-11-15-31-14-6-7-18-37(31)38/h3*3-29H,1-2H3. The van der Waals surface area contributed by atoms with Crippen LogP contribution in [-0.4, -0.2) is 69.1 Å². The summed E-state index contributed by atoms with van der Waals surface area (Å²) in [5, 5.41) is 16.2. The second kappa shape index (κ2) is 37.7. The fraction of sp³-hybridized carbons (Fsp3) is 0.0444. The molecule has 3 aliphatic heterocycles. The average Bonchev–Trinajstić information content (AvgIpc) is 1.56. The van der Waals surface area contributed by atoms with Crippen molar-refractivity contribution < 1.29 is 0 Å². The van der Waals surface area contributed by atoms with Crippen LogP contribution in [0, 0.1) is 0 Å². The fourth-order valence-corrected chi connectivity index (χ4v) is 31.9. The molecule has 0 bridgehead atoms. The molecule has 9 nitrogen and oxygen atoms in total. The van der Waals surface area contributed by atoms with E-state index in [9.17, 15) is 0 Å². The molecule has 24 aromatic rings. The van der Waals surface area contributed by atoms with Crippen molar-refractivity contribution in [3.63, 3.8) is 0 Å². The summed E-state index contributed by atoms with van der Waals surface area (Å²) in [5.41, 5.74) is 30.8. The molecule has 3 aliphatic rings. The van der Waals surface area contributed by atoms with Crippen LogP contribution in [0.3, 0.4) is 0 Å². The van der Waals surface area contributed by atoms with Crippen molar-refractivity contribution in [3.8, 4) is 203 Å². The van der Waals surface area contributed by atoms with E-state index in [2.05, 4.69) is 512 Å². The zero-order valence-corrected chi connectivity index (χ0v) is 85.3. The Morgan fingerprint density at radius 3 is 0.755 bits per heavy atom. The Morgan fingerprint density at radius 2 is 0.354 bits per heavy atom. The third kappa shape index (κ3) is 17.0. The average molecular weight is 1930 g/mol. The van der Waals surface area contributed by atoms with Gasteiger partial charge in [-0.3, -0.25) is 0 Å². The van der Waals surface area contributed by atoms with Crippen LogP contribution in [0.4, 0.5) is 0 Å². The van der Waals surface area contributed by atoms with Crippen LogP contribution >= 0.6 is 0 Å². The summed E-state index contributed by atoms with van der Waals surface area (Å²) in [6, 6.07) is 175. The molecule has 0 aliphatic carbocycles. The van der Waals surface area contributed by atoms with Crippen molar-refractivity contribution >= 4 is 87.7 Å². The molecule has 27 rings (SSSR count). The molecule has 0 amide bonds. The Hall–Kier alpha value is -17.9. The number of rotatable bonds is 15. The molecule has 3 aromatic heterocycles. The lowest BCUT2D eigenvalue weighted by Gasteiger charge is -2.22. The van der Waals surface area contributed by atoms with Crippen molar-refractivity contribution in [3.05, 3.63) is 491 Å². The maximum atomic E-state index is 5.24. The van der Waals surface area contributed by atoms with E-state index in [1.165, 1.54) is 114 Å². The van der Waals surface area contributed by atoms with E-state index in [0.29, 0.717) is 52.4 Å². The fourth-order valence-electron chi connectivity index (χ4n) is 22.3. The molecule has 12 heteroatoms. The molecular formula is C135H99N9Si3. The largest absolute Gasteiger partial charge is 0.208 e. The van der Waals surface area contributed by atoms with Gasteiger partial charge in [-0.1, -0.05) is 506 Å². The quantitative estimate of drug-likeness (QED) is 0.0925. The number of aromatic nitrogens is 9. The van der Waals surface area contributed by atoms with E-state index in [-0.39, 0.29) is 0 Å². The minimum atomic E-state index is -2.02. The number of fused-ring (bicyclic) bond motifs is 12. The molecule has 6 heterocycles. The van der Waals surface area contributed by atoms with Crippen LogP contribution in [0.1, 0.15) is 0 Å². The van der Waals surface area contributed by atoms with E-state index >= 15 is 0 Å². The molecule has 0 radical (unpaired) electrons.